The summed E-state index contributed by atoms with van der Waals surface area (Å²) in [6, 6.07) is 8.34. The van der Waals surface area contributed by atoms with Crippen LogP contribution in [0.25, 0.3) is 11.2 Å². The van der Waals surface area contributed by atoms with Gasteiger partial charge < -0.3 is 25.7 Å². The highest BCUT2D eigenvalue weighted by Crippen LogP contribution is 2.25. The molecule has 1 saturated heterocycles. The van der Waals surface area contributed by atoms with Crippen molar-refractivity contribution in [3.63, 3.8) is 0 Å². The molecule has 9 nitrogen and oxygen atoms in total. The van der Waals surface area contributed by atoms with Gasteiger partial charge in [-0.3, -0.25) is 4.90 Å². The second-order valence-electron chi connectivity index (χ2n) is 9.03. The van der Waals surface area contributed by atoms with Crippen molar-refractivity contribution in [3.8, 4) is 0 Å². The first-order chi connectivity index (χ1) is 16.2. The van der Waals surface area contributed by atoms with E-state index in [0.29, 0.717) is 18.5 Å². The number of rotatable bonds is 8. The van der Waals surface area contributed by atoms with Crippen molar-refractivity contribution in [1.82, 2.24) is 24.4 Å². The Morgan fingerprint density at radius 3 is 2.58 bits per heavy atom. The van der Waals surface area contributed by atoms with E-state index in [-0.39, 0.29) is 0 Å². The maximum absolute atomic E-state index is 5.83. The lowest BCUT2D eigenvalue weighted by Crippen LogP contribution is -2.38. The molecule has 0 amide bonds. The van der Waals surface area contributed by atoms with E-state index in [1.807, 2.05) is 30.6 Å². The van der Waals surface area contributed by atoms with Crippen LogP contribution in [0.4, 0.5) is 17.5 Å². The van der Waals surface area contributed by atoms with Crippen molar-refractivity contribution in [1.29, 1.82) is 0 Å². The van der Waals surface area contributed by atoms with Gasteiger partial charge in [0.1, 0.15) is 0 Å². The Kier molecular flexibility index (Phi) is 6.87. The summed E-state index contributed by atoms with van der Waals surface area (Å²) in [4.78, 5) is 16.8. The maximum Gasteiger partial charge on any atom is 0.227 e. The van der Waals surface area contributed by atoms with Crippen molar-refractivity contribution in [2.45, 2.75) is 51.2 Å². The lowest BCUT2D eigenvalue weighted by molar-refractivity contribution is 0.0365. The van der Waals surface area contributed by atoms with Crippen LogP contribution >= 0.6 is 0 Å². The fourth-order valence-electron chi connectivity index (χ4n) is 4.62. The van der Waals surface area contributed by atoms with E-state index < -0.39 is 0 Å². The topological polar surface area (TPSA) is 106 Å². The number of imidazole rings is 1. The molecule has 9 heteroatoms. The number of ether oxygens (including phenoxy) is 1. The van der Waals surface area contributed by atoms with Gasteiger partial charge in [0, 0.05) is 44.5 Å². The molecule has 2 fully saturated rings. The summed E-state index contributed by atoms with van der Waals surface area (Å²) >= 11 is 0. The summed E-state index contributed by atoms with van der Waals surface area (Å²) in [5, 5.41) is 7.08. The van der Waals surface area contributed by atoms with E-state index in [4.69, 9.17) is 20.4 Å². The van der Waals surface area contributed by atoms with Gasteiger partial charge in [0.25, 0.3) is 0 Å². The van der Waals surface area contributed by atoms with Gasteiger partial charge in [0.15, 0.2) is 17.0 Å². The molecule has 2 aliphatic rings. The summed E-state index contributed by atoms with van der Waals surface area (Å²) in [6.07, 6.45) is 8.08. The molecule has 3 aromatic rings. The molecule has 0 radical (unpaired) electrons. The Balaban J connectivity index is 1.38. The van der Waals surface area contributed by atoms with E-state index in [9.17, 15) is 0 Å². The first kappa shape index (κ1) is 21.9. The van der Waals surface area contributed by atoms with Crippen molar-refractivity contribution >= 4 is 28.6 Å². The standard InChI is InChI=1S/C24H34N8O/c25-19-8-6-18(7-9-19)16-26-22-21-23(30-24(29-22)28-20-4-2-1-3-5-20)32(17-27-21)11-10-31-12-14-33-15-13-31/h6-9,17,20H,1-5,10-16,25H2,(H2,26,28,29,30). The number of hydrogen-bond donors (Lipinski definition) is 3. The van der Waals surface area contributed by atoms with Crippen LogP contribution in [-0.2, 0) is 17.8 Å². The van der Waals surface area contributed by atoms with Gasteiger partial charge in [-0.2, -0.15) is 9.97 Å². The van der Waals surface area contributed by atoms with Crippen molar-refractivity contribution in [3.05, 3.63) is 36.2 Å². The van der Waals surface area contributed by atoms with Crippen LogP contribution in [0.2, 0.25) is 0 Å². The maximum atomic E-state index is 5.83. The Labute approximate surface area is 194 Å². The molecular formula is C24H34N8O. The minimum absolute atomic E-state index is 0.436. The number of aromatic nitrogens is 4. The molecule has 5 rings (SSSR count). The highest BCUT2D eigenvalue weighted by molar-refractivity contribution is 5.84. The summed E-state index contributed by atoms with van der Waals surface area (Å²) in [5.41, 5.74) is 9.42. The highest BCUT2D eigenvalue weighted by atomic mass is 16.5. The molecule has 0 unspecified atom stereocenters. The van der Waals surface area contributed by atoms with Crippen LogP contribution in [0, 0.1) is 0 Å². The molecule has 1 saturated carbocycles. The number of nitrogens with two attached hydrogens (primary N) is 1. The van der Waals surface area contributed by atoms with Crippen LogP contribution in [0.1, 0.15) is 37.7 Å². The summed E-state index contributed by atoms with van der Waals surface area (Å²) < 4.78 is 7.62. The van der Waals surface area contributed by atoms with Crippen LogP contribution in [0.5, 0.6) is 0 Å². The second-order valence-corrected chi connectivity index (χ2v) is 9.03. The molecule has 2 aromatic heterocycles. The van der Waals surface area contributed by atoms with Gasteiger partial charge >= 0.3 is 0 Å². The quantitative estimate of drug-likeness (QED) is 0.450. The third-order valence-electron chi connectivity index (χ3n) is 6.60. The molecule has 1 aliphatic carbocycles. The van der Waals surface area contributed by atoms with Crippen LogP contribution in [0.3, 0.4) is 0 Å². The Morgan fingerprint density at radius 1 is 1.00 bits per heavy atom. The highest BCUT2D eigenvalue weighted by Gasteiger charge is 2.18. The number of benzene rings is 1. The van der Waals surface area contributed by atoms with Gasteiger partial charge in [-0.25, -0.2) is 4.98 Å². The molecule has 4 N–H and O–H groups in total. The number of fused-ring (bicyclic) bond motifs is 1. The number of nitrogens with zero attached hydrogens (tertiary/aromatic N) is 5. The minimum atomic E-state index is 0.436. The van der Waals surface area contributed by atoms with E-state index in [1.165, 1.54) is 32.1 Å². The molecule has 0 bridgehead atoms. The molecule has 0 spiro atoms. The molecule has 33 heavy (non-hydrogen) atoms. The number of nitrogens with one attached hydrogen (secondary N) is 2. The van der Waals surface area contributed by atoms with Crippen LogP contribution in [0.15, 0.2) is 30.6 Å². The van der Waals surface area contributed by atoms with Gasteiger partial charge in [-0.15, -0.1) is 0 Å². The largest absolute Gasteiger partial charge is 0.399 e. The fourth-order valence-corrected chi connectivity index (χ4v) is 4.62. The monoisotopic (exact) mass is 450 g/mol. The zero-order chi connectivity index (χ0) is 22.5. The lowest BCUT2D eigenvalue weighted by atomic mass is 9.96. The van der Waals surface area contributed by atoms with Gasteiger partial charge in [0.05, 0.1) is 19.5 Å². The third-order valence-corrected chi connectivity index (χ3v) is 6.60. The van der Waals surface area contributed by atoms with Gasteiger partial charge in [0.2, 0.25) is 5.95 Å². The Hall–Kier alpha value is -2.91. The molecule has 0 atom stereocenters. The average molecular weight is 451 g/mol. The number of anilines is 3. The number of hydrogen-bond acceptors (Lipinski definition) is 8. The first-order valence-electron chi connectivity index (χ1n) is 12.1. The van der Waals surface area contributed by atoms with Crippen molar-refractivity contribution in [2.75, 3.05) is 49.2 Å². The zero-order valence-corrected chi connectivity index (χ0v) is 19.2. The van der Waals surface area contributed by atoms with E-state index in [0.717, 1.165) is 67.6 Å². The first-order valence-corrected chi connectivity index (χ1v) is 12.1. The lowest BCUT2D eigenvalue weighted by Gasteiger charge is -2.26. The summed E-state index contributed by atoms with van der Waals surface area (Å²) in [6.45, 7) is 6.01. The molecule has 1 aromatic carbocycles. The van der Waals surface area contributed by atoms with Crippen LogP contribution in [-0.4, -0.2) is 63.3 Å². The van der Waals surface area contributed by atoms with Crippen molar-refractivity contribution in [2.24, 2.45) is 0 Å². The Bertz CT molecular complexity index is 1040. The molecule has 3 heterocycles. The molecule has 1 aliphatic heterocycles. The fraction of sp³-hybridized carbons (Fsp3) is 0.542. The van der Waals surface area contributed by atoms with Crippen LogP contribution < -0.4 is 16.4 Å². The van der Waals surface area contributed by atoms with E-state index >= 15 is 0 Å². The average Bonchev–Trinajstić information content (AvgIpc) is 3.26. The minimum Gasteiger partial charge on any atom is -0.399 e. The Morgan fingerprint density at radius 2 is 1.79 bits per heavy atom. The predicted molar refractivity (Wildman–Crippen MR) is 131 cm³/mol. The zero-order valence-electron chi connectivity index (χ0n) is 19.2. The SMILES string of the molecule is Nc1ccc(CNc2nc(NC3CCCCC3)nc3c2ncn3CCN2CCOCC2)cc1. The van der Waals surface area contributed by atoms with E-state index in [2.05, 4.69) is 25.1 Å². The van der Waals surface area contributed by atoms with Crippen molar-refractivity contribution < 1.29 is 4.74 Å². The summed E-state index contributed by atoms with van der Waals surface area (Å²) in [7, 11) is 0. The molecular weight excluding hydrogens is 416 g/mol. The van der Waals surface area contributed by atoms with E-state index in [1.54, 1.807) is 0 Å². The smallest absolute Gasteiger partial charge is 0.227 e. The normalized spacial score (nSPS) is 17.9. The number of morpholine rings is 1. The van der Waals surface area contributed by atoms with Gasteiger partial charge in [-0.05, 0) is 30.5 Å². The summed E-state index contributed by atoms with van der Waals surface area (Å²) in [5.74, 6) is 1.45. The van der Waals surface area contributed by atoms with Gasteiger partial charge in [-0.1, -0.05) is 31.4 Å². The molecule has 176 valence electrons. The predicted octanol–water partition coefficient (Wildman–Crippen LogP) is 3.10. The third kappa shape index (κ3) is 5.54. The second kappa shape index (κ2) is 10.4. The number of nitrogen functional groups attached to an aromatic ring is 1.